The summed E-state index contributed by atoms with van der Waals surface area (Å²) in [5.74, 6) is -1.17. The van der Waals surface area contributed by atoms with Gasteiger partial charge in [-0.1, -0.05) is 28.1 Å². The summed E-state index contributed by atoms with van der Waals surface area (Å²) in [6.45, 7) is 0.280. The molecule has 0 atom stereocenters. The Balaban J connectivity index is 2.09. The lowest BCUT2D eigenvalue weighted by molar-refractivity contribution is 0.0696. The van der Waals surface area contributed by atoms with Gasteiger partial charge in [0.2, 0.25) is 0 Å². The molecule has 21 heavy (non-hydrogen) atoms. The zero-order valence-corrected chi connectivity index (χ0v) is 14.5. The number of benzene rings is 2. The van der Waals surface area contributed by atoms with Crippen molar-refractivity contribution in [1.82, 2.24) is 5.32 Å². The number of hydrogen-bond acceptors (Lipinski definition) is 2. The maximum Gasteiger partial charge on any atom is 0.335 e. The molecule has 0 aromatic heterocycles. The second-order valence-electron chi connectivity index (χ2n) is 4.31. The Bertz CT molecular complexity index is 703. The molecule has 4 nitrogen and oxygen atoms in total. The van der Waals surface area contributed by atoms with Gasteiger partial charge in [-0.3, -0.25) is 4.79 Å². The van der Waals surface area contributed by atoms with Gasteiger partial charge < -0.3 is 10.4 Å². The van der Waals surface area contributed by atoms with Crippen LogP contribution in [0.25, 0.3) is 0 Å². The summed E-state index contributed by atoms with van der Waals surface area (Å²) >= 11 is 5.44. The zero-order chi connectivity index (χ0) is 15.4. The number of carboxylic acids is 1. The molecule has 0 saturated carbocycles. The standard InChI is InChI=1S/C15H11BrINO3/c16-11-4-5-13(17)12(7-11)14(19)18-8-9-2-1-3-10(6-9)15(20)21/h1-7H,8H2,(H,18,19)(H,20,21). The van der Waals surface area contributed by atoms with E-state index in [9.17, 15) is 9.59 Å². The second-order valence-corrected chi connectivity index (χ2v) is 6.39. The van der Waals surface area contributed by atoms with Crippen LogP contribution in [0.3, 0.4) is 0 Å². The van der Waals surface area contributed by atoms with E-state index in [1.165, 1.54) is 6.07 Å². The van der Waals surface area contributed by atoms with Crippen LogP contribution < -0.4 is 5.32 Å². The number of hydrogen-bond donors (Lipinski definition) is 2. The van der Waals surface area contributed by atoms with Crippen molar-refractivity contribution in [2.75, 3.05) is 0 Å². The minimum atomic E-state index is -0.982. The fourth-order valence-corrected chi connectivity index (χ4v) is 2.70. The molecule has 0 spiro atoms. The van der Waals surface area contributed by atoms with Gasteiger partial charge in [0.25, 0.3) is 5.91 Å². The number of carbonyl (C=O) groups excluding carboxylic acids is 1. The first-order valence-corrected chi connectivity index (χ1v) is 7.90. The smallest absolute Gasteiger partial charge is 0.335 e. The summed E-state index contributed by atoms with van der Waals surface area (Å²) in [7, 11) is 0. The largest absolute Gasteiger partial charge is 0.478 e. The lowest BCUT2D eigenvalue weighted by atomic mass is 10.1. The van der Waals surface area contributed by atoms with Gasteiger partial charge in [0, 0.05) is 14.6 Å². The van der Waals surface area contributed by atoms with E-state index in [2.05, 4.69) is 43.8 Å². The predicted octanol–water partition coefficient (Wildman–Crippen LogP) is 3.68. The van der Waals surface area contributed by atoms with Crippen LogP contribution in [-0.4, -0.2) is 17.0 Å². The summed E-state index contributed by atoms with van der Waals surface area (Å²) in [6, 6.07) is 12.0. The summed E-state index contributed by atoms with van der Waals surface area (Å²) in [5.41, 5.74) is 1.53. The van der Waals surface area contributed by atoms with Crippen LogP contribution in [0.1, 0.15) is 26.3 Å². The molecule has 2 rings (SSSR count). The van der Waals surface area contributed by atoms with Crippen LogP contribution in [0.2, 0.25) is 0 Å². The van der Waals surface area contributed by atoms with Gasteiger partial charge >= 0.3 is 5.97 Å². The Labute approximate surface area is 143 Å². The Morgan fingerprint density at radius 3 is 2.67 bits per heavy atom. The molecule has 0 saturated heterocycles. The average molecular weight is 460 g/mol. The van der Waals surface area contributed by atoms with Crippen LogP contribution in [0, 0.1) is 3.57 Å². The van der Waals surface area contributed by atoms with Crippen LogP contribution in [0.4, 0.5) is 0 Å². The molecule has 2 aromatic carbocycles. The van der Waals surface area contributed by atoms with E-state index in [4.69, 9.17) is 5.11 Å². The van der Waals surface area contributed by atoms with Crippen molar-refractivity contribution in [2.45, 2.75) is 6.54 Å². The lowest BCUT2D eigenvalue weighted by Crippen LogP contribution is -2.23. The highest BCUT2D eigenvalue weighted by Crippen LogP contribution is 2.18. The molecule has 0 radical (unpaired) electrons. The molecule has 0 unspecified atom stereocenters. The van der Waals surface area contributed by atoms with Gasteiger partial charge in [-0.2, -0.15) is 0 Å². The third-order valence-corrected chi connectivity index (χ3v) is 4.23. The quantitative estimate of drug-likeness (QED) is 0.685. The molecular weight excluding hydrogens is 449 g/mol. The highest BCUT2D eigenvalue weighted by Gasteiger charge is 2.10. The van der Waals surface area contributed by atoms with E-state index >= 15 is 0 Å². The molecule has 0 heterocycles. The maximum absolute atomic E-state index is 12.2. The number of amides is 1. The fraction of sp³-hybridized carbons (Fsp3) is 0.0667. The van der Waals surface area contributed by atoms with Crippen molar-refractivity contribution in [1.29, 1.82) is 0 Å². The van der Waals surface area contributed by atoms with Crippen molar-refractivity contribution in [3.05, 3.63) is 67.2 Å². The summed E-state index contributed by atoms with van der Waals surface area (Å²) < 4.78 is 1.69. The van der Waals surface area contributed by atoms with Gasteiger partial charge in [-0.05, 0) is 58.5 Å². The Hall–Kier alpha value is -1.41. The predicted molar refractivity (Wildman–Crippen MR) is 91.4 cm³/mol. The highest BCUT2D eigenvalue weighted by molar-refractivity contribution is 14.1. The Kier molecular flexibility index (Phi) is 5.35. The topological polar surface area (TPSA) is 66.4 Å². The molecule has 108 valence electrons. The first kappa shape index (κ1) is 16.0. The third kappa shape index (κ3) is 4.28. The molecule has 0 aliphatic carbocycles. The minimum absolute atomic E-state index is 0.193. The first-order chi connectivity index (χ1) is 9.97. The number of carboxylic acid groups (broad SMARTS) is 1. The van der Waals surface area contributed by atoms with Crippen molar-refractivity contribution in [3.63, 3.8) is 0 Å². The Morgan fingerprint density at radius 1 is 1.19 bits per heavy atom. The van der Waals surface area contributed by atoms with E-state index in [1.54, 1.807) is 24.3 Å². The molecule has 6 heteroatoms. The summed E-state index contributed by atoms with van der Waals surface area (Å²) in [6.07, 6.45) is 0. The van der Waals surface area contributed by atoms with Gasteiger partial charge in [0.05, 0.1) is 11.1 Å². The van der Waals surface area contributed by atoms with Crippen molar-refractivity contribution in [2.24, 2.45) is 0 Å². The molecule has 0 aliphatic heterocycles. The van der Waals surface area contributed by atoms with Crippen LogP contribution >= 0.6 is 38.5 Å². The van der Waals surface area contributed by atoms with Crippen molar-refractivity contribution in [3.8, 4) is 0 Å². The normalized spacial score (nSPS) is 10.2. The number of rotatable bonds is 4. The molecule has 0 aliphatic rings. The van der Waals surface area contributed by atoms with Gasteiger partial charge in [0.15, 0.2) is 0 Å². The number of nitrogens with one attached hydrogen (secondary N) is 1. The van der Waals surface area contributed by atoms with Crippen LogP contribution in [0.5, 0.6) is 0 Å². The van der Waals surface area contributed by atoms with Crippen molar-refractivity contribution >= 4 is 50.4 Å². The number of halogens is 2. The lowest BCUT2D eigenvalue weighted by Gasteiger charge is -2.08. The fourth-order valence-electron chi connectivity index (χ4n) is 1.76. The zero-order valence-electron chi connectivity index (χ0n) is 10.8. The molecular formula is C15H11BrINO3. The molecule has 2 N–H and O–H groups in total. The van der Waals surface area contributed by atoms with Crippen molar-refractivity contribution < 1.29 is 14.7 Å². The van der Waals surface area contributed by atoms with Gasteiger partial charge in [-0.25, -0.2) is 4.79 Å². The third-order valence-electron chi connectivity index (χ3n) is 2.80. The van der Waals surface area contributed by atoms with E-state index in [-0.39, 0.29) is 18.0 Å². The monoisotopic (exact) mass is 459 g/mol. The maximum atomic E-state index is 12.2. The Morgan fingerprint density at radius 2 is 1.95 bits per heavy atom. The first-order valence-electron chi connectivity index (χ1n) is 6.03. The van der Waals surface area contributed by atoms with Gasteiger partial charge in [0.1, 0.15) is 0 Å². The van der Waals surface area contributed by atoms with Crippen LogP contribution in [0.15, 0.2) is 46.9 Å². The SMILES string of the molecule is O=C(O)c1cccc(CNC(=O)c2cc(Br)ccc2I)c1. The van der Waals surface area contributed by atoms with Crippen LogP contribution in [-0.2, 0) is 6.54 Å². The van der Waals surface area contributed by atoms with Gasteiger partial charge in [-0.15, -0.1) is 0 Å². The second kappa shape index (κ2) is 7.04. The number of aromatic carboxylic acids is 1. The van der Waals surface area contributed by atoms with E-state index < -0.39 is 5.97 Å². The molecule has 0 fully saturated rings. The van der Waals surface area contributed by atoms with E-state index in [0.29, 0.717) is 5.56 Å². The molecule has 2 aromatic rings. The van der Waals surface area contributed by atoms with E-state index in [0.717, 1.165) is 13.6 Å². The molecule has 1 amide bonds. The molecule has 0 bridgehead atoms. The minimum Gasteiger partial charge on any atom is -0.478 e. The highest BCUT2D eigenvalue weighted by atomic mass is 127. The summed E-state index contributed by atoms with van der Waals surface area (Å²) in [5, 5.41) is 11.7. The average Bonchev–Trinajstić information content (AvgIpc) is 2.47. The summed E-state index contributed by atoms with van der Waals surface area (Å²) in [4.78, 5) is 23.1. The van der Waals surface area contributed by atoms with E-state index in [1.807, 2.05) is 12.1 Å². The number of carbonyl (C=O) groups is 2.